The van der Waals surface area contributed by atoms with E-state index in [1.807, 2.05) is 0 Å². The third kappa shape index (κ3) is 3.42. The minimum absolute atomic E-state index is 0.0517. The van der Waals surface area contributed by atoms with Crippen molar-refractivity contribution in [1.82, 2.24) is 10.2 Å². The Kier molecular flexibility index (Phi) is 4.80. The average Bonchev–Trinajstić information content (AvgIpc) is 2.73. The Morgan fingerprint density at radius 2 is 2.24 bits per heavy atom. The highest BCUT2D eigenvalue weighted by molar-refractivity contribution is 5.77. The van der Waals surface area contributed by atoms with E-state index in [1.165, 1.54) is 25.8 Å². The highest BCUT2D eigenvalue weighted by Crippen LogP contribution is 2.26. The van der Waals surface area contributed by atoms with Gasteiger partial charge >= 0.3 is 0 Å². The van der Waals surface area contributed by atoms with Crippen LogP contribution < -0.4 is 5.32 Å². The molecular formula is C13H24N2O2. The summed E-state index contributed by atoms with van der Waals surface area (Å²) < 4.78 is 5.27. The molecule has 0 radical (unpaired) electrons. The van der Waals surface area contributed by atoms with Gasteiger partial charge in [0.15, 0.2) is 0 Å². The first-order valence-electron chi connectivity index (χ1n) is 6.92. The third-order valence-corrected chi connectivity index (χ3v) is 3.78. The van der Waals surface area contributed by atoms with Gasteiger partial charge in [-0.05, 0) is 32.2 Å². The molecule has 2 aliphatic heterocycles. The number of nitrogens with one attached hydrogen (secondary N) is 1. The highest BCUT2D eigenvalue weighted by atomic mass is 16.5. The summed E-state index contributed by atoms with van der Waals surface area (Å²) in [5.41, 5.74) is 0. The summed E-state index contributed by atoms with van der Waals surface area (Å²) in [7, 11) is 0. The lowest BCUT2D eigenvalue weighted by Crippen LogP contribution is -2.47. The highest BCUT2D eigenvalue weighted by Gasteiger charge is 2.35. The fraction of sp³-hybridized carbons (Fsp3) is 0.923. The maximum atomic E-state index is 11.7. The summed E-state index contributed by atoms with van der Waals surface area (Å²) in [6.07, 6.45) is 5.93. The van der Waals surface area contributed by atoms with Gasteiger partial charge in [0.05, 0.1) is 0 Å². The molecule has 2 atom stereocenters. The number of hydrogen-bond acceptors (Lipinski definition) is 3. The largest absolute Gasteiger partial charge is 0.372 e. The van der Waals surface area contributed by atoms with Gasteiger partial charge in [0.2, 0.25) is 5.91 Å². The molecule has 0 aromatic carbocycles. The van der Waals surface area contributed by atoms with E-state index in [-0.39, 0.29) is 12.5 Å². The Morgan fingerprint density at radius 3 is 3.06 bits per heavy atom. The van der Waals surface area contributed by atoms with Gasteiger partial charge < -0.3 is 10.1 Å². The number of piperidine rings is 1. The van der Waals surface area contributed by atoms with Crippen LogP contribution in [-0.2, 0) is 9.53 Å². The number of carbonyl (C=O) groups is 1. The summed E-state index contributed by atoms with van der Waals surface area (Å²) in [6, 6.07) is 0.937. The molecular weight excluding hydrogens is 216 g/mol. The Balaban J connectivity index is 1.73. The second-order valence-corrected chi connectivity index (χ2v) is 5.11. The molecule has 98 valence electrons. The monoisotopic (exact) mass is 240 g/mol. The zero-order valence-corrected chi connectivity index (χ0v) is 10.8. The predicted molar refractivity (Wildman–Crippen MR) is 66.9 cm³/mol. The van der Waals surface area contributed by atoms with Gasteiger partial charge in [-0.1, -0.05) is 13.3 Å². The molecule has 2 heterocycles. The minimum Gasteiger partial charge on any atom is -0.372 e. The van der Waals surface area contributed by atoms with Crippen LogP contribution >= 0.6 is 0 Å². The minimum atomic E-state index is 0.0517. The van der Waals surface area contributed by atoms with Crippen molar-refractivity contribution < 1.29 is 9.53 Å². The molecule has 0 aromatic rings. The van der Waals surface area contributed by atoms with Crippen LogP contribution in [0, 0.1) is 0 Å². The lowest BCUT2D eigenvalue weighted by Gasteiger charge is -2.32. The smallest absolute Gasteiger partial charge is 0.246 e. The summed E-state index contributed by atoms with van der Waals surface area (Å²) >= 11 is 0. The quantitative estimate of drug-likeness (QED) is 0.733. The Bertz CT molecular complexity index is 258. The summed E-state index contributed by atoms with van der Waals surface area (Å²) in [5.74, 6) is 0.0517. The van der Waals surface area contributed by atoms with Crippen LogP contribution in [0.4, 0.5) is 0 Å². The first kappa shape index (κ1) is 12.8. The van der Waals surface area contributed by atoms with E-state index in [2.05, 4.69) is 17.1 Å². The van der Waals surface area contributed by atoms with Gasteiger partial charge in [0.25, 0.3) is 0 Å². The van der Waals surface area contributed by atoms with E-state index in [0.29, 0.717) is 18.7 Å². The van der Waals surface area contributed by atoms with E-state index < -0.39 is 0 Å². The van der Waals surface area contributed by atoms with E-state index in [0.717, 1.165) is 19.4 Å². The zero-order chi connectivity index (χ0) is 12.1. The van der Waals surface area contributed by atoms with Crippen molar-refractivity contribution in [2.24, 2.45) is 0 Å². The van der Waals surface area contributed by atoms with Crippen molar-refractivity contribution in [3.8, 4) is 0 Å². The van der Waals surface area contributed by atoms with Crippen molar-refractivity contribution in [3.05, 3.63) is 0 Å². The Labute approximate surface area is 104 Å². The number of fused-ring (bicyclic) bond motifs is 1. The molecule has 0 spiro atoms. The molecule has 2 saturated heterocycles. The molecule has 0 aliphatic carbocycles. The topological polar surface area (TPSA) is 41.6 Å². The van der Waals surface area contributed by atoms with Gasteiger partial charge in [-0.15, -0.1) is 0 Å². The van der Waals surface area contributed by atoms with Gasteiger partial charge in [-0.3, -0.25) is 9.69 Å². The van der Waals surface area contributed by atoms with Crippen molar-refractivity contribution in [2.75, 3.05) is 26.3 Å². The van der Waals surface area contributed by atoms with Gasteiger partial charge in [-0.25, -0.2) is 0 Å². The van der Waals surface area contributed by atoms with E-state index in [4.69, 9.17) is 4.74 Å². The number of nitrogens with zero attached hydrogens (tertiary/aromatic N) is 1. The molecule has 2 aliphatic rings. The van der Waals surface area contributed by atoms with Crippen molar-refractivity contribution in [2.45, 2.75) is 51.1 Å². The fourth-order valence-corrected chi connectivity index (χ4v) is 2.97. The SMILES string of the molecule is CCCOCC(=O)NC1CCN2CCCCC12. The van der Waals surface area contributed by atoms with Gasteiger partial charge in [0.1, 0.15) is 6.61 Å². The summed E-state index contributed by atoms with van der Waals surface area (Å²) in [4.78, 5) is 14.2. The molecule has 1 amide bonds. The van der Waals surface area contributed by atoms with Crippen LogP contribution in [0.5, 0.6) is 0 Å². The fourth-order valence-electron chi connectivity index (χ4n) is 2.97. The first-order valence-corrected chi connectivity index (χ1v) is 6.92. The third-order valence-electron chi connectivity index (χ3n) is 3.78. The molecule has 1 N–H and O–H groups in total. The molecule has 2 rings (SSSR count). The summed E-state index contributed by atoms with van der Waals surface area (Å²) in [5, 5.41) is 3.13. The molecule has 2 fully saturated rings. The molecule has 17 heavy (non-hydrogen) atoms. The second-order valence-electron chi connectivity index (χ2n) is 5.11. The number of rotatable bonds is 5. The van der Waals surface area contributed by atoms with Crippen LogP contribution in [0.25, 0.3) is 0 Å². The van der Waals surface area contributed by atoms with Crippen molar-refractivity contribution >= 4 is 5.91 Å². The normalized spacial score (nSPS) is 29.0. The van der Waals surface area contributed by atoms with E-state index >= 15 is 0 Å². The molecule has 0 bridgehead atoms. The van der Waals surface area contributed by atoms with Crippen molar-refractivity contribution in [3.63, 3.8) is 0 Å². The van der Waals surface area contributed by atoms with Crippen LogP contribution in [0.15, 0.2) is 0 Å². The maximum Gasteiger partial charge on any atom is 0.246 e. The van der Waals surface area contributed by atoms with E-state index in [9.17, 15) is 4.79 Å². The van der Waals surface area contributed by atoms with Crippen LogP contribution in [0.2, 0.25) is 0 Å². The second kappa shape index (κ2) is 6.36. The lowest BCUT2D eigenvalue weighted by atomic mass is 9.99. The molecule has 0 aromatic heterocycles. The van der Waals surface area contributed by atoms with Gasteiger partial charge in [0, 0.05) is 25.2 Å². The molecule has 4 heteroatoms. The maximum absolute atomic E-state index is 11.7. The molecule has 2 unspecified atom stereocenters. The van der Waals surface area contributed by atoms with Crippen LogP contribution in [-0.4, -0.2) is 49.2 Å². The zero-order valence-electron chi connectivity index (χ0n) is 10.8. The molecule has 0 saturated carbocycles. The average molecular weight is 240 g/mol. The lowest BCUT2D eigenvalue weighted by molar-refractivity contribution is -0.126. The van der Waals surface area contributed by atoms with Crippen molar-refractivity contribution in [1.29, 1.82) is 0 Å². The van der Waals surface area contributed by atoms with Crippen LogP contribution in [0.1, 0.15) is 39.0 Å². The molecule has 4 nitrogen and oxygen atoms in total. The number of carbonyl (C=O) groups excluding carboxylic acids is 1. The number of hydrogen-bond donors (Lipinski definition) is 1. The predicted octanol–water partition coefficient (Wildman–Crippen LogP) is 1.16. The van der Waals surface area contributed by atoms with Gasteiger partial charge in [-0.2, -0.15) is 0 Å². The van der Waals surface area contributed by atoms with E-state index in [1.54, 1.807) is 0 Å². The van der Waals surface area contributed by atoms with Crippen LogP contribution in [0.3, 0.4) is 0 Å². The number of ether oxygens (including phenoxy) is 1. The first-order chi connectivity index (χ1) is 8.31. The Hall–Kier alpha value is -0.610. The Morgan fingerprint density at radius 1 is 1.35 bits per heavy atom. The standard InChI is InChI=1S/C13H24N2O2/c1-2-9-17-10-13(16)14-11-6-8-15-7-4-3-5-12(11)15/h11-12H,2-10H2,1H3,(H,14,16). The summed E-state index contributed by atoms with van der Waals surface area (Å²) in [6.45, 7) is 5.30. The number of amides is 1.